The van der Waals surface area contributed by atoms with E-state index in [2.05, 4.69) is 5.32 Å². The van der Waals surface area contributed by atoms with Crippen LogP contribution in [-0.4, -0.2) is 0 Å². The maximum absolute atomic E-state index is 13.0. The lowest BCUT2D eigenvalue weighted by Crippen LogP contribution is -2.06. The summed E-state index contributed by atoms with van der Waals surface area (Å²) in [6.07, 6.45) is -4.52. The standard InChI is InChI=1S/C14H7ClF4N2/c15-11-6-10(2-3-12(11)16)21-13-4-1-9(14(17,18)19)5-8(13)7-20/h1-6,21H. The Balaban J connectivity index is 2.36. The zero-order valence-corrected chi connectivity index (χ0v) is 11.1. The molecule has 0 spiro atoms. The van der Waals surface area contributed by atoms with E-state index in [0.29, 0.717) is 5.69 Å². The number of alkyl halides is 3. The van der Waals surface area contributed by atoms with Crippen molar-refractivity contribution in [2.45, 2.75) is 6.18 Å². The molecule has 0 unspecified atom stereocenters. The topological polar surface area (TPSA) is 35.8 Å². The summed E-state index contributed by atoms with van der Waals surface area (Å²) in [7, 11) is 0. The zero-order valence-electron chi connectivity index (χ0n) is 10.3. The van der Waals surface area contributed by atoms with E-state index in [-0.39, 0.29) is 16.3 Å². The van der Waals surface area contributed by atoms with Gasteiger partial charge in [0.2, 0.25) is 0 Å². The molecule has 0 aliphatic heterocycles. The minimum Gasteiger partial charge on any atom is -0.354 e. The van der Waals surface area contributed by atoms with Gasteiger partial charge in [-0.1, -0.05) is 11.6 Å². The van der Waals surface area contributed by atoms with Gasteiger partial charge in [-0.15, -0.1) is 0 Å². The predicted octanol–water partition coefficient (Wildman–Crippen LogP) is 5.11. The Morgan fingerprint density at radius 2 is 1.81 bits per heavy atom. The van der Waals surface area contributed by atoms with Gasteiger partial charge >= 0.3 is 6.18 Å². The Hall–Kier alpha value is -2.26. The van der Waals surface area contributed by atoms with Crippen LogP contribution in [0.1, 0.15) is 11.1 Å². The van der Waals surface area contributed by atoms with Crippen LogP contribution in [0.2, 0.25) is 5.02 Å². The van der Waals surface area contributed by atoms with Gasteiger partial charge in [0.05, 0.1) is 21.8 Å². The zero-order chi connectivity index (χ0) is 15.6. The molecule has 0 fully saturated rings. The van der Waals surface area contributed by atoms with Crippen LogP contribution in [0.5, 0.6) is 0 Å². The normalized spacial score (nSPS) is 11.0. The van der Waals surface area contributed by atoms with E-state index in [1.807, 2.05) is 0 Å². The fourth-order valence-electron chi connectivity index (χ4n) is 1.65. The summed E-state index contributed by atoms with van der Waals surface area (Å²) >= 11 is 5.61. The third-order valence-electron chi connectivity index (χ3n) is 2.67. The second-order valence-corrected chi connectivity index (χ2v) is 4.53. The van der Waals surface area contributed by atoms with Crippen molar-refractivity contribution in [3.8, 4) is 6.07 Å². The molecule has 0 heterocycles. The van der Waals surface area contributed by atoms with E-state index in [9.17, 15) is 17.6 Å². The molecular formula is C14H7ClF4N2. The molecule has 108 valence electrons. The first-order chi connectivity index (χ1) is 9.81. The number of nitriles is 1. The monoisotopic (exact) mass is 314 g/mol. The van der Waals surface area contributed by atoms with Crippen molar-refractivity contribution in [1.82, 2.24) is 0 Å². The lowest BCUT2D eigenvalue weighted by molar-refractivity contribution is -0.137. The second kappa shape index (κ2) is 5.62. The van der Waals surface area contributed by atoms with Gasteiger partial charge in [0, 0.05) is 5.69 Å². The average molecular weight is 315 g/mol. The number of hydrogen-bond donors (Lipinski definition) is 1. The van der Waals surface area contributed by atoms with Gasteiger partial charge in [-0.05, 0) is 36.4 Å². The predicted molar refractivity (Wildman–Crippen MR) is 70.9 cm³/mol. The van der Waals surface area contributed by atoms with Gasteiger partial charge in [0.15, 0.2) is 0 Å². The molecule has 1 N–H and O–H groups in total. The summed E-state index contributed by atoms with van der Waals surface area (Å²) < 4.78 is 50.7. The van der Waals surface area contributed by atoms with Crippen LogP contribution < -0.4 is 5.32 Å². The van der Waals surface area contributed by atoms with Crippen LogP contribution in [0.4, 0.5) is 28.9 Å². The number of nitrogens with zero attached hydrogens (tertiary/aromatic N) is 1. The van der Waals surface area contributed by atoms with Crippen LogP contribution in [0.3, 0.4) is 0 Å². The first-order valence-corrected chi connectivity index (χ1v) is 6.02. The first-order valence-electron chi connectivity index (χ1n) is 5.64. The van der Waals surface area contributed by atoms with E-state index in [0.717, 1.165) is 24.3 Å². The van der Waals surface area contributed by atoms with Crippen molar-refractivity contribution in [3.63, 3.8) is 0 Å². The minimum absolute atomic E-state index is 0.134. The van der Waals surface area contributed by atoms with Gasteiger partial charge in [-0.3, -0.25) is 0 Å². The van der Waals surface area contributed by atoms with E-state index in [4.69, 9.17) is 16.9 Å². The molecule has 0 aliphatic carbocycles. The quantitative estimate of drug-likeness (QED) is 0.782. The van der Waals surface area contributed by atoms with Crippen molar-refractivity contribution in [2.24, 2.45) is 0 Å². The van der Waals surface area contributed by atoms with Crippen LogP contribution in [0.15, 0.2) is 36.4 Å². The Morgan fingerprint density at radius 3 is 2.38 bits per heavy atom. The summed E-state index contributed by atoms with van der Waals surface area (Å²) in [5.74, 6) is -0.616. The van der Waals surface area contributed by atoms with E-state index >= 15 is 0 Å². The van der Waals surface area contributed by atoms with Gasteiger partial charge in [0.25, 0.3) is 0 Å². The van der Waals surface area contributed by atoms with Crippen LogP contribution >= 0.6 is 11.6 Å². The van der Waals surface area contributed by atoms with Crippen LogP contribution in [-0.2, 0) is 6.18 Å². The molecule has 0 bridgehead atoms. The Kier molecular flexibility index (Phi) is 4.05. The van der Waals surface area contributed by atoms with Gasteiger partial charge in [-0.2, -0.15) is 18.4 Å². The highest BCUT2D eigenvalue weighted by molar-refractivity contribution is 6.31. The molecule has 2 aromatic rings. The van der Waals surface area contributed by atoms with Gasteiger partial charge in [0.1, 0.15) is 11.9 Å². The number of nitrogens with one attached hydrogen (secondary N) is 1. The lowest BCUT2D eigenvalue weighted by Gasteiger charge is -2.12. The molecule has 0 aromatic heterocycles. The molecule has 2 aromatic carbocycles. The van der Waals surface area contributed by atoms with Gasteiger partial charge in [-0.25, -0.2) is 4.39 Å². The molecule has 0 saturated heterocycles. The molecule has 7 heteroatoms. The minimum atomic E-state index is -4.52. The van der Waals surface area contributed by atoms with Crippen molar-refractivity contribution in [3.05, 3.63) is 58.4 Å². The Bertz CT molecular complexity index is 720. The van der Waals surface area contributed by atoms with Crippen molar-refractivity contribution < 1.29 is 17.6 Å². The molecule has 0 amide bonds. The number of halogens is 5. The molecule has 21 heavy (non-hydrogen) atoms. The van der Waals surface area contributed by atoms with E-state index < -0.39 is 17.6 Å². The summed E-state index contributed by atoms with van der Waals surface area (Å²) in [6.45, 7) is 0. The number of benzene rings is 2. The van der Waals surface area contributed by atoms with Crippen molar-refractivity contribution in [1.29, 1.82) is 5.26 Å². The number of rotatable bonds is 2. The molecule has 0 saturated carbocycles. The van der Waals surface area contributed by atoms with Crippen LogP contribution in [0, 0.1) is 17.1 Å². The molecule has 2 rings (SSSR count). The lowest BCUT2D eigenvalue weighted by atomic mass is 10.1. The van der Waals surface area contributed by atoms with Crippen LogP contribution in [0.25, 0.3) is 0 Å². The maximum Gasteiger partial charge on any atom is 0.416 e. The Labute approximate surface area is 122 Å². The van der Waals surface area contributed by atoms with E-state index in [1.54, 1.807) is 6.07 Å². The third kappa shape index (κ3) is 3.44. The van der Waals surface area contributed by atoms with Crippen molar-refractivity contribution >= 4 is 23.0 Å². The van der Waals surface area contributed by atoms with Gasteiger partial charge < -0.3 is 5.32 Å². The summed E-state index contributed by atoms with van der Waals surface area (Å²) in [5.41, 5.74) is -0.558. The summed E-state index contributed by atoms with van der Waals surface area (Å²) in [4.78, 5) is 0. The SMILES string of the molecule is N#Cc1cc(C(F)(F)F)ccc1Nc1ccc(F)c(Cl)c1. The molecule has 0 aliphatic rings. The average Bonchev–Trinajstić information content (AvgIpc) is 2.42. The second-order valence-electron chi connectivity index (χ2n) is 4.12. The molecule has 0 radical (unpaired) electrons. The fraction of sp³-hybridized carbons (Fsp3) is 0.0714. The first kappa shape index (κ1) is 15.1. The number of hydrogen-bond acceptors (Lipinski definition) is 2. The maximum atomic E-state index is 13.0. The van der Waals surface area contributed by atoms with E-state index in [1.165, 1.54) is 12.1 Å². The summed E-state index contributed by atoms with van der Waals surface area (Å²) in [6, 6.07) is 8.17. The van der Waals surface area contributed by atoms with Crippen molar-refractivity contribution in [2.75, 3.05) is 5.32 Å². The smallest absolute Gasteiger partial charge is 0.354 e. The number of anilines is 2. The molecular weight excluding hydrogens is 308 g/mol. The highest BCUT2D eigenvalue weighted by Crippen LogP contribution is 2.32. The molecule has 2 nitrogen and oxygen atoms in total. The fourth-order valence-corrected chi connectivity index (χ4v) is 1.83. The Morgan fingerprint density at radius 1 is 1.10 bits per heavy atom. The third-order valence-corrected chi connectivity index (χ3v) is 2.96. The highest BCUT2D eigenvalue weighted by Gasteiger charge is 2.31. The largest absolute Gasteiger partial charge is 0.416 e. The summed E-state index contributed by atoms with van der Waals surface area (Å²) in [5, 5.41) is 11.5. The molecule has 0 atom stereocenters. The highest BCUT2D eigenvalue weighted by atomic mass is 35.5.